The fourth-order valence-electron chi connectivity index (χ4n) is 2.36. The van der Waals surface area contributed by atoms with Crippen molar-refractivity contribution in [2.45, 2.75) is 13.0 Å². The Labute approximate surface area is 101 Å². The van der Waals surface area contributed by atoms with Gasteiger partial charge < -0.3 is 14.5 Å². The zero-order valence-electron chi connectivity index (χ0n) is 10.2. The average Bonchev–Trinajstić information content (AvgIpc) is 2.39. The highest BCUT2D eigenvalue weighted by Crippen LogP contribution is 2.18. The van der Waals surface area contributed by atoms with E-state index < -0.39 is 0 Å². The summed E-state index contributed by atoms with van der Waals surface area (Å²) >= 11 is 0. The van der Waals surface area contributed by atoms with Crippen LogP contribution in [-0.4, -0.2) is 54.8 Å². The lowest BCUT2D eigenvalue weighted by Crippen LogP contribution is -2.38. The molecule has 0 amide bonds. The Morgan fingerprint density at radius 1 is 1.24 bits per heavy atom. The molecule has 3 heterocycles. The van der Waals surface area contributed by atoms with Gasteiger partial charge in [-0.05, 0) is 7.05 Å². The summed E-state index contributed by atoms with van der Waals surface area (Å²) in [7, 11) is 2.14. The minimum absolute atomic E-state index is 0.781. The van der Waals surface area contributed by atoms with Crippen molar-refractivity contribution in [2.24, 2.45) is 0 Å². The molecule has 0 aliphatic carbocycles. The Morgan fingerprint density at radius 3 is 2.88 bits per heavy atom. The van der Waals surface area contributed by atoms with E-state index in [0.717, 1.165) is 51.8 Å². The van der Waals surface area contributed by atoms with Crippen LogP contribution in [0, 0.1) is 0 Å². The van der Waals surface area contributed by atoms with Crippen LogP contribution < -0.4 is 4.90 Å². The number of rotatable bonds is 1. The van der Waals surface area contributed by atoms with Gasteiger partial charge in [0.15, 0.2) is 0 Å². The van der Waals surface area contributed by atoms with E-state index >= 15 is 0 Å². The molecule has 0 saturated carbocycles. The van der Waals surface area contributed by atoms with Crippen LogP contribution in [0.3, 0.4) is 0 Å². The van der Waals surface area contributed by atoms with E-state index in [1.54, 1.807) is 0 Å². The Hall–Kier alpha value is -1.20. The van der Waals surface area contributed by atoms with E-state index in [1.165, 1.54) is 11.3 Å². The summed E-state index contributed by atoms with van der Waals surface area (Å²) in [6, 6.07) is 0. The normalized spacial score (nSPS) is 21.4. The summed E-state index contributed by atoms with van der Waals surface area (Å²) in [6.45, 7) is 5.43. The number of likely N-dealkylation sites (N-methyl/N-ethyl adjacent to an activating group) is 1. The van der Waals surface area contributed by atoms with Crippen molar-refractivity contribution >= 4 is 5.95 Å². The van der Waals surface area contributed by atoms with Crippen LogP contribution in [-0.2, 0) is 17.7 Å². The molecule has 0 bridgehead atoms. The molecule has 0 radical (unpaired) electrons. The Bertz CT molecular complexity index is 403. The van der Waals surface area contributed by atoms with E-state index in [2.05, 4.69) is 21.8 Å². The fraction of sp³-hybridized carbons (Fsp3) is 0.667. The van der Waals surface area contributed by atoms with Crippen LogP contribution in [0.4, 0.5) is 5.95 Å². The van der Waals surface area contributed by atoms with Crippen LogP contribution >= 0.6 is 0 Å². The Morgan fingerprint density at radius 2 is 2.06 bits per heavy atom. The van der Waals surface area contributed by atoms with Crippen molar-refractivity contribution in [3.63, 3.8) is 0 Å². The summed E-state index contributed by atoms with van der Waals surface area (Å²) in [5.74, 6) is 0.872. The van der Waals surface area contributed by atoms with Gasteiger partial charge in [-0.25, -0.2) is 9.97 Å². The first kappa shape index (κ1) is 10.9. The third kappa shape index (κ3) is 2.25. The molecular formula is C12H18N4O. The third-order valence-corrected chi connectivity index (χ3v) is 3.41. The van der Waals surface area contributed by atoms with Gasteiger partial charge in [0.05, 0.1) is 18.9 Å². The number of fused-ring (bicyclic) bond motifs is 1. The quantitative estimate of drug-likeness (QED) is 0.699. The lowest BCUT2D eigenvalue weighted by atomic mass is 10.1. The van der Waals surface area contributed by atoms with Gasteiger partial charge in [0.1, 0.15) is 0 Å². The molecule has 5 heteroatoms. The van der Waals surface area contributed by atoms with Gasteiger partial charge in [-0.3, -0.25) is 0 Å². The highest BCUT2D eigenvalue weighted by molar-refractivity contribution is 5.34. The molecule has 1 saturated heterocycles. The zero-order valence-corrected chi connectivity index (χ0v) is 10.2. The van der Waals surface area contributed by atoms with Crippen molar-refractivity contribution in [2.75, 3.05) is 44.8 Å². The van der Waals surface area contributed by atoms with Crippen molar-refractivity contribution in [3.8, 4) is 0 Å². The van der Waals surface area contributed by atoms with E-state index in [1.807, 2.05) is 6.20 Å². The smallest absolute Gasteiger partial charge is 0.225 e. The van der Waals surface area contributed by atoms with Gasteiger partial charge in [-0.15, -0.1) is 0 Å². The van der Waals surface area contributed by atoms with E-state index in [-0.39, 0.29) is 0 Å². The summed E-state index contributed by atoms with van der Waals surface area (Å²) in [6.07, 6.45) is 3.02. The molecule has 1 aromatic heterocycles. The van der Waals surface area contributed by atoms with Crippen LogP contribution in [0.15, 0.2) is 6.20 Å². The minimum Gasteiger partial charge on any atom is -0.378 e. The van der Waals surface area contributed by atoms with Crippen LogP contribution in [0.5, 0.6) is 0 Å². The van der Waals surface area contributed by atoms with Crippen LogP contribution in [0.25, 0.3) is 0 Å². The predicted octanol–water partition coefficient (Wildman–Crippen LogP) is 0.301. The number of hydrogen-bond acceptors (Lipinski definition) is 5. The van der Waals surface area contributed by atoms with Crippen molar-refractivity contribution in [3.05, 3.63) is 17.5 Å². The van der Waals surface area contributed by atoms with E-state index in [4.69, 9.17) is 9.72 Å². The molecule has 0 unspecified atom stereocenters. The number of anilines is 1. The monoisotopic (exact) mass is 234 g/mol. The van der Waals surface area contributed by atoms with Gasteiger partial charge in [-0.1, -0.05) is 0 Å². The first-order valence-electron chi connectivity index (χ1n) is 6.19. The lowest BCUT2D eigenvalue weighted by Gasteiger charge is -2.29. The Kier molecular flexibility index (Phi) is 2.94. The minimum atomic E-state index is 0.781. The molecule has 92 valence electrons. The first-order chi connectivity index (χ1) is 8.33. The van der Waals surface area contributed by atoms with Crippen molar-refractivity contribution in [1.82, 2.24) is 14.9 Å². The molecule has 0 aromatic carbocycles. The van der Waals surface area contributed by atoms with E-state index in [0.29, 0.717) is 0 Å². The van der Waals surface area contributed by atoms with E-state index in [9.17, 15) is 0 Å². The zero-order chi connectivity index (χ0) is 11.7. The SMILES string of the molecule is CN1CCc2nc(N3CCOCC3)ncc2C1. The first-order valence-corrected chi connectivity index (χ1v) is 6.19. The standard InChI is InChI=1S/C12H18N4O/c1-15-3-2-11-10(9-15)8-13-12(14-11)16-4-6-17-7-5-16/h8H,2-7,9H2,1H3. The van der Waals surface area contributed by atoms with Gasteiger partial charge in [0.2, 0.25) is 5.95 Å². The molecule has 5 nitrogen and oxygen atoms in total. The Balaban J connectivity index is 1.82. The van der Waals surface area contributed by atoms with Gasteiger partial charge in [-0.2, -0.15) is 0 Å². The molecule has 1 aromatic rings. The number of nitrogens with zero attached hydrogens (tertiary/aromatic N) is 4. The largest absolute Gasteiger partial charge is 0.378 e. The van der Waals surface area contributed by atoms with Crippen LogP contribution in [0.2, 0.25) is 0 Å². The maximum absolute atomic E-state index is 5.34. The molecule has 3 rings (SSSR count). The lowest BCUT2D eigenvalue weighted by molar-refractivity contribution is 0.122. The molecule has 0 atom stereocenters. The second-order valence-corrected chi connectivity index (χ2v) is 4.73. The highest BCUT2D eigenvalue weighted by Gasteiger charge is 2.19. The number of morpholine rings is 1. The third-order valence-electron chi connectivity index (χ3n) is 3.41. The molecule has 0 N–H and O–H groups in total. The van der Waals surface area contributed by atoms with Crippen molar-refractivity contribution in [1.29, 1.82) is 0 Å². The molecular weight excluding hydrogens is 216 g/mol. The van der Waals surface area contributed by atoms with Gasteiger partial charge in [0.25, 0.3) is 0 Å². The molecule has 2 aliphatic rings. The van der Waals surface area contributed by atoms with Gasteiger partial charge >= 0.3 is 0 Å². The molecule has 1 fully saturated rings. The molecule has 2 aliphatic heterocycles. The van der Waals surface area contributed by atoms with Crippen LogP contribution in [0.1, 0.15) is 11.3 Å². The maximum Gasteiger partial charge on any atom is 0.225 e. The predicted molar refractivity (Wildman–Crippen MR) is 65.1 cm³/mol. The topological polar surface area (TPSA) is 41.5 Å². The highest BCUT2D eigenvalue weighted by atomic mass is 16.5. The second kappa shape index (κ2) is 4.58. The number of hydrogen-bond donors (Lipinski definition) is 0. The number of aromatic nitrogens is 2. The van der Waals surface area contributed by atoms with Gasteiger partial charge in [0, 0.05) is 44.4 Å². The summed E-state index contributed by atoms with van der Waals surface area (Å²) < 4.78 is 5.34. The molecule has 0 spiro atoms. The summed E-state index contributed by atoms with van der Waals surface area (Å²) in [5.41, 5.74) is 2.50. The maximum atomic E-state index is 5.34. The second-order valence-electron chi connectivity index (χ2n) is 4.73. The molecule has 17 heavy (non-hydrogen) atoms. The average molecular weight is 234 g/mol. The summed E-state index contributed by atoms with van der Waals surface area (Å²) in [5, 5.41) is 0. The van der Waals surface area contributed by atoms with Crippen molar-refractivity contribution < 1.29 is 4.74 Å². The number of ether oxygens (including phenoxy) is 1. The fourth-order valence-corrected chi connectivity index (χ4v) is 2.36. The summed E-state index contributed by atoms with van der Waals surface area (Å²) in [4.78, 5) is 13.7.